The zero-order chi connectivity index (χ0) is 12.4. The van der Waals surface area contributed by atoms with Gasteiger partial charge in [-0.1, -0.05) is 12.1 Å². The van der Waals surface area contributed by atoms with Crippen LogP contribution in [-0.2, 0) is 0 Å². The number of aliphatic hydroxyl groups is 1. The molecule has 1 saturated heterocycles. The molecule has 1 aliphatic rings. The first-order valence-electron chi connectivity index (χ1n) is 5.81. The number of hydrogen-bond acceptors (Lipinski definition) is 3. The molecule has 94 valence electrons. The number of likely N-dealkylation sites (N-methyl/N-ethyl adjacent to an activating group) is 1. The fourth-order valence-corrected chi connectivity index (χ4v) is 3.32. The van der Waals surface area contributed by atoms with E-state index in [4.69, 9.17) is 0 Å². The monoisotopic (exact) mass is 255 g/mol. The van der Waals surface area contributed by atoms with Crippen LogP contribution >= 0.6 is 11.8 Å². The molecule has 1 aliphatic heterocycles. The van der Waals surface area contributed by atoms with E-state index in [1.165, 1.54) is 6.07 Å². The molecule has 17 heavy (non-hydrogen) atoms. The lowest BCUT2D eigenvalue weighted by Crippen LogP contribution is -2.43. The molecule has 0 amide bonds. The Morgan fingerprint density at radius 2 is 2.29 bits per heavy atom. The molecular formula is C13H18FNOS. The molecule has 0 spiro atoms. The van der Waals surface area contributed by atoms with Crippen molar-refractivity contribution in [3.05, 3.63) is 35.1 Å². The second-order valence-electron chi connectivity index (χ2n) is 4.58. The van der Waals surface area contributed by atoms with E-state index in [0.29, 0.717) is 11.1 Å². The highest BCUT2D eigenvalue weighted by atomic mass is 32.2. The van der Waals surface area contributed by atoms with Crippen molar-refractivity contribution < 1.29 is 9.50 Å². The van der Waals surface area contributed by atoms with Gasteiger partial charge in [0.2, 0.25) is 0 Å². The lowest BCUT2D eigenvalue weighted by molar-refractivity contribution is 0.0756. The zero-order valence-corrected chi connectivity index (χ0v) is 11.0. The summed E-state index contributed by atoms with van der Waals surface area (Å²) < 4.78 is 13.5. The van der Waals surface area contributed by atoms with Crippen LogP contribution in [0.1, 0.15) is 17.2 Å². The van der Waals surface area contributed by atoms with Crippen molar-refractivity contribution in [3.8, 4) is 0 Å². The number of hydrogen-bond donors (Lipinski definition) is 1. The topological polar surface area (TPSA) is 23.5 Å². The summed E-state index contributed by atoms with van der Waals surface area (Å²) in [6, 6.07) is 5.07. The Morgan fingerprint density at radius 3 is 2.94 bits per heavy atom. The first kappa shape index (κ1) is 12.9. The van der Waals surface area contributed by atoms with Crippen molar-refractivity contribution in [2.45, 2.75) is 19.1 Å². The van der Waals surface area contributed by atoms with Gasteiger partial charge in [-0.25, -0.2) is 4.39 Å². The van der Waals surface area contributed by atoms with E-state index >= 15 is 0 Å². The molecule has 0 radical (unpaired) electrons. The van der Waals surface area contributed by atoms with Gasteiger partial charge in [0.25, 0.3) is 0 Å². The maximum Gasteiger partial charge on any atom is 0.126 e. The van der Waals surface area contributed by atoms with E-state index in [2.05, 4.69) is 4.90 Å². The number of aliphatic hydroxyl groups excluding tert-OH is 1. The number of aryl methyl sites for hydroxylation is 1. The first-order chi connectivity index (χ1) is 8.09. The summed E-state index contributed by atoms with van der Waals surface area (Å²) in [5, 5.41) is 10.3. The van der Waals surface area contributed by atoms with Gasteiger partial charge in [-0.3, -0.25) is 4.90 Å². The summed E-state index contributed by atoms with van der Waals surface area (Å²) in [6.45, 7) is 2.70. The van der Waals surface area contributed by atoms with Crippen molar-refractivity contribution in [2.24, 2.45) is 0 Å². The predicted molar refractivity (Wildman–Crippen MR) is 69.8 cm³/mol. The normalized spacial score (nSPS) is 23.6. The molecule has 1 N–H and O–H groups in total. The third-order valence-corrected chi connectivity index (χ3v) is 4.39. The Morgan fingerprint density at radius 1 is 1.53 bits per heavy atom. The molecule has 0 bridgehead atoms. The number of halogens is 1. The van der Waals surface area contributed by atoms with Crippen molar-refractivity contribution in [3.63, 3.8) is 0 Å². The number of nitrogens with zero attached hydrogens (tertiary/aromatic N) is 1. The fraction of sp³-hybridized carbons (Fsp3) is 0.538. The molecule has 1 aromatic carbocycles. The van der Waals surface area contributed by atoms with E-state index in [0.717, 1.165) is 18.1 Å². The van der Waals surface area contributed by atoms with Crippen LogP contribution in [0.2, 0.25) is 0 Å². The van der Waals surface area contributed by atoms with Gasteiger partial charge < -0.3 is 5.11 Å². The summed E-state index contributed by atoms with van der Waals surface area (Å²) in [5.41, 5.74) is 1.29. The van der Waals surface area contributed by atoms with Crippen LogP contribution in [-0.4, -0.2) is 41.1 Å². The number of thioether (sulfide) groups is 1. The summed E-state index contributed by atoms with van der Waals surface area (Å²) in [5.74, 6) is 1.75. The quantitative estimate of drug-likeness (QED) is 0.876. The average molecular weight is 255 g/mol. The molecule has 1 aromatic rings. The minimum absolute atomic E-state index is 0.0795. The van der Waals surface area contributed by atoms with E-state index in [1.807, 2.05) is 24.9 Å². The molecule has 2 unspecified atom stereocenters. The van der Waals surface area contributed by atoms with Gasteiger partial charge in [0, 0.05) is 24.1 Å². The van der Waals surface area contributed by atoms with Crippen LogP contribution in [0.15, 0.2) is 18.2 Å². The second kappa shape index (κ2) is 5.38. The van der Waals surface area contributed by atoms with Crippen molar-refractivity contribution in [1.82, 2.24) is 4.90 Å². The van der Waals surface area contributed by atoms with Crippen LogP contribution in [0, 0.1) is 12.7 Å². The lowest BCUT2D eigenvalue weighted by atomic mass is 10.0. The SMILES string of the molecule is Cc1ccc(C(O)C2CSCCN2C)cc1F. The zero-order valence-electron chi connectivity index (χ0n) is 10.2. The number of benzene rings is 1. The average Bonchev–Trinajstić information content (AvgIpc) is 2.32. The Hall–Kier alpha value is -0.580. The van der Waals surface area contributed by atoms with Crippen molar-refractivity contribution in [2.75, 3.05) is 25.1 Å². The Balaban J connectivity index is 2.17. The van der Waals surface area contributed by atoms with Gasteiger partial charge in [-0.15, -0.1) is 0 Å². The molecule has 0 aliphatic carbocycles. The Kier molecular flexibility index (Phi) is 4.07. The third kappa shape index (κ3) is 2.81. The summed E-state index contributed by atoms with van der Waals surface area (Å²) in [7, 11) is 2.01. The van der Waals surface area contributed by atoms with Crippen LogP contribution in [0.25, 0.3) is 0 Å². The van der Waals surface area contributed by atoms with E-state index < -0.39 is 6.10 Å². The summed E-state index contributed by atoms with van der Waals surface area (Å²) in [4.78, 5) is 2.15. The standard InChI is InChI=1S/C13H18FNOS/c1-9-3-4-10(7-11(9)14)13(16)12-8-17-6-5-15(12)2/h3-4,7,12-13,16H,5-6,8H2,1-2H3. The van der Waals surface area contributed by atoms with Crippen molar-refractivity contribution >= 4 is 11.8 Å². The lowest BCUT2D eigenvalue weighted by Gasteiger charge is -2.35. The first-order valence-corrected chi connectivity index (χ1v) is 6.97. The van der Waals surface area contributed by atoms with Crippen LogP contribution in [0.3, 0.4) is 0 Å². The van der Waals surface area contributed by atoms with E-state index in [9.17, 15) is 9.50 Å². The van der Waals surface area contributed by atoms with Gasteiger partial charge in [0.1, 0.15) is 5.82 Å². The van der Waals surface area contributed by atoms with E-state index in [-0.39, 0.29) is 11.9 Å². The molecule has 2 nitrogen and oxygen atoms in total. The highest BCUT2D eigenvalue weighted by Crippen LogP contribution is 2.27. The minimum Gasteiger partial charge on any atom is -0.387 e. The van der Waals surface area contributed by atoms with Crippen molar-refractivity contribution in [1.29, 1.82) is 0 Å². The molecule has 0 saturated carbocycles. The maximum absolute atomic E-state index is 13.5. The molecule has 1 fully saturated rings. The van der Waals surface area contributed by atoms with Crippen LogP contribution < -0.4 is 0 Å². The summed E-state index contributed by atoms with van der Waals surface area (Å²) in [6.07, 6.45) is -0.608. The van der Waals surface area contributed by atoms with Crippen LogP contribution in [0.5, 0.6) is 0 Å². The Bertz CT molecular complexity index is 399. The largest absolute Gasteiger partial charge is 0.387 e. The molecule has 0 aromatic heterocycles. The van der Waals surface area contributed by atoms with Gasteiger partial charge in [0.05, 0.1) is 6.10 Å². The summed E-state index contributed by atoms with van der Waals surface area (Å²) >= 11 is 1.84. The van der Waals surface area contributed by atoms with Crippen LogP contribution in [0.4, 0.5) is 4.39 Å². The predicted octanol–water partition coefficient (Wildman–Crippen LogP) is 2.21. The molecule has 1 heterocycles. The fourth-order valence-electron chi connectivity index (χ4n) is 2.05. The molecule has 2 rings (SSSR count). The Labute approximate surface area is 106 Å². The maximum atomic E-state index is 13.5. The number of rotatable bonds is 2. The van der Waals surface area contributed by atoms with Gasteiger partial charge in [0.15, 0.2) is 0 Å². The third-order valence-electron chi connectivity index (χ3n) is 3.34. The highest BCUT2D eigenvalue weighted by molar-refractivity contribution is 7.99. The minimum atomic E-state index is -0.608. The van der Waals surface area contributed by atoms with E-state index in [1.54, 1.807) is 13.0 Å². The second-order valence-corrected chi connectivity index (χ2v) is 5.73. The van der Waals surface area contributed by atoms with Gasteiger partial charge in [-0.05, 0) is 31.2 Å². The molecule has 4 heteroatoms. The molecule has 2 atom stereocenters. The highest BCUT2D eigenvalue weighted by Gasteiger charge is 2.27. The van der Waals surface area contributed by atoms with Gasteiger partial charge in [-0.2, -0.15) is 11.8 Å². The van der Waals surface area contributed by atoms with Gasteiger partial charge >= 0.3 is 0 Å². The molecular weight excluding hydrogens is 237 g/mol. The smallest absolute Gasteiger partial charge is 0.126 e.